The van der Waals surface area contributed by atoms with Crippen LogP contribution in [-0.4, -0.2) is 21.6 Å². The lowest BCUT2D eigenvalue weighted by molar-refractivity contribution is 0.318. The first kappa shape index (κ1) is 18.4. The van der Waals surface area contributed by atoms with E-state index in [4.69, 9.17) is 4.74 Å². The van der Waals surface area contributed by atoms with Crippen LogP contribution in [0.1, 0.15) is 25.3 Å². The number of benzene rings is 2. The fraction of sp³-hybridized carbons (Fsp3) is 0.294. The second kappa shape index (κ2) is 7.72. The Morgan fingerprint density at radius 1 is 1.04 bits per heavy atom. The maximum absolute atomic E-state index is 13.6. The van der Waals surface area contributed by atoms with Gasteiger partial charge in [0.05, 0.1) is 0 Å². The lowest BCUT2D eigenvalue weighted by atomic mass is 10.0. The molecule has 0 spiro atoms. The van der Waals surface area contributed by atoms with Gasteiger partial charge in [-0.2, -0.15) is 0 Å². The lowest BCUT2D eigenvalue weighted by Crippen LogP contribution is -2.29. The summed E-state index contributed by atoms with van der Waals surface area (Å²) in [4.78, 5) is -0.979. The van der Waals surface area contributed by atoms with E-state index in [1.54, 1.807) is 6.07 Å². The Bertz CT molecular complexity index is 787. The zero-order valence-corrected chi connectivity index (χ0v) is 14.2. The minimum atomic E-state index is -4.28. The average molecular weight is 355 g/mol. The molecule has 24 heavy (non-hydrogen) atoms. The average Bonchev–Trinajstić information content (AvgIpc) is 2.51. The van der Waals surface area contributed by atoms with E-state index in [1.807, 2.05) is 32.0 Å². The van der Waals surface area contributed by atoms with Gasteiger partial charge in [0.1, 0.15) is 24.0 Å². The van der Waals surface area contributed by atoms with Gasteiger partial charge in [-0.05, 0) is 29.7 Å². The first-order valence-corrected chi connectivity index (χ1v) is 8.96. The second-order valence-corrected chi connectivity index (χ2v) is 7.19. The van der Waals surface area contributed by atoms with E-state index in [9.17, 15) is 17.2 Å². The van der Waals surface area contributed by atoms with Gasteiger partial charge in [-0.1, -0.05) is 38.1 Å². The van der Waals surface area contributed by atoms with E-state index in [2.05, 4.69) is 4.72 Å². The molecule has 2 rings (SSSR count). The molecule has 1 N–H and O–H groups in total. The zero-order valence-electron chi connectivity index (χ0n) is 13.4. The fourth-order valence-corrected chi connectivity index (χ4v) is 3.38. The third kappa shape index (κ3) is 4.30. The Balaban J connectivity index is 2.00. The Morgan fingerprint density at radius 3 is 2.29 bits per heavy atom. The van der Waals surface area contributed by atoms with E-state index >= 15 is 0 Å². The van der Waals surface area contributed by atoms with Gasteiger partial charge in [0.25, 0.3) is 0 Å². The van der Waals surface area contributed by atoms with Gasteiger partial charge in [0.2, 0.25) is 10.0 Å². The van der Waals surface area contributed by atoms with Crippen LogP contribution in [0.25, 0.3) is 0 Å². The molecule has 0 bridgehead atoms. The minimum absolute atomic E-state index is 0.0407. The van der Waals surface area contributed by atoms with E-state index in [-0.39, 0.29) is 19.1 Å². The summed E-state index contributed by atoms with van der Waals surface area (Å²) in [7, 11) is -4.28. The van der Waals surface area contributed by atoms with Crippen LogP contribution in [-0.2, 0) is 10.0 Å². The highest BCUT2D eigenvalue weighted by atomic mass is 32.2. The van der Waals surface area contributed by atoms with Crippen molar-refractivity contribution in [3.05, 3.63) is 59.7 Å². The summed E-state index contributed by atoms with van der Waals surface area (Å²) in [5.74, 6) is -1.35. The quantitative estimate of drug-likeness (QED) is 0.774. The molecule has 2 aromatic rings. The monoisotopic (exact) mass is 355 g/mol. The largest absolute Gasteiger partial charge is 0.492 e. The maximum atomic E-state index is 13.6. The number of rotatable bonds is 7. The molecule has 0 atom stereocenters. The van der Waals surface area contributed by atoms with Crippen LogP contribution < -0.4 is 9.46 Å². The van der Waals surface area contributed by atoms with E-state index in [0.29, 0.717) is 5.75 Å². The number of para-hydroxylation sites is 1. The summed E-state index contributed by atoms with van der Waals surface area (Å²) >= 11 is 0. The van der Waals surface area contributed by atoms with Gasteiger partial charge in [0.15, 0.2) is 4.90 Å². The van der Waals surface area contributed by atoms with E-state index in [1.165, 1.54) is 0 Å². The number of ether oxygens (including phenoxy) is 1. The van der Waals surface area contributed by atoms with Crippen molar-refractivity contribution in [3.8, 4) is 5.75 Å². The Kier molecular flexibility index (Phi) is 5.90. The summed E-state index contributed by atoms with van der Waals surface area (Å²) in [5, 5.41) is 0. The van der Waals surface area contributed by atoms with Gasteiger partial charge in [-0.15, -0.1) is 0 Å². The van der Waals surface area contributed by atoms with Gasteiger partial charge in [-0.3, -0.25) is 0 Å². The minimum Gasteiger partial charge on any atom is -0.492 e. The highest BCUT2D eigenvalue weighted by Crippen LogP contribution is 2.25. The van der Waals surface area contributed by atoms with Gasteiger partial charge < -0.3 is 4.74 Å². The van der Waals surface area contributed by atoms with Gasteiger partial charge in [0, 0.05) is 6.54 Å². The molecule has 0 saturated carbocycles. The molecule has 0 saturated heterocycles. The molecule has 0 heterocycles. The summed E-state index contributed by atoms with van der Waals surface area (Å²) in [5.41, 5.74) is 1.00. The molecule has 0 fully saturated rings. The number of halogens is 2. The summed E-state index contributed by atoms with van der Waals surface area (Å²) in [6.45, 7) is 3.97. The van der Waals surface area contributed by atoms with Crippen LogP contribution in [0.3, 0.4) is 0 Å². The van der Waals surface area contributed by atoms with Crippen molar-refractivity contribution in [1.29, 1.82) is 0 Å². The van der Waals surface area contributed by atoms with Crippen molar-refractivity contribution < 1.29 is 21.9 Å². The first-order chi connectivity index (χ1) is 11.3. The molecular weight excluding hydrogens is 336 g/mol. The van der Waals surface area contributed by atoms with E-state index < -0.39 is 26.6 Å². The highest BCUT2D eigenvalue weighted by molar-refractivity contribution is 7.89. The summed E-state index contributed by atoms with van der Waals surface area (Å²) < 4.78 is 58.9. The summed E-state index contributed by atoms with van der Waals surface area (Å²) in [6.07, 6.45) is 0. The van der Waals surface area contributed by atoms with Crippen molar-refractivity contribution in [1.82, 2.24) is 4.72 Å². The number of hydrogen-bond donors (Lipinski definition) is 1. The number of nitrogens with one attached hydrogen (secondary N) is 1. The van der Waals surface area contributed by atoms with Crippen molar-refractivity contribution >= 4 is 10.0 Å². The summed E-state index contributed by atoms with van der Waals surface area (Å²) in [6, 6.07) is 10.3. The van der Waals surface area contributed by atoms with Crippen LogP contribution >= 0.6 is 0 Å². The van der Waals surface area contributed by atoms with Crippen LogP contribution in [0.4, 0.5) is 8.78 Å². The molecule has 0 aromatic heterocycles. The molecule has 4 nitrogen and oxygen atoms in total. The number of hydrogen-bond acceptors (Lipinski definition) is 3. The normalized spacial score (nSPS) is 11.7. The Labute approximate surface area is 140 Å². The van der Waals surface area contributed by atoms with Crippen LogP contribution in [0.15, 0.2) is 47.4 Å². The lowest BCUT2D eigenvalue weighted by Gasteiger charge is -2.14. The predicted molar refractivity (Wildman–Crippen MR) is 87.6 cm³/mol. The Hall–Kier alpha value is -1.99. The SMILES string of the molecule is CC(C)c1ccccc1OCCNS(=O)(=O)c1c(F)cccc1F. The Morgan fingerprint density at radius 2 is 1.67 bits per heavy atom. The van der Waals surface area contributed by atoms with Crippen LogP contribution in [0.2, 0.25) is 0 Å². The van der Waals surface area contributed by atoms with Gasteiger partial charge >= 0.3 is 0 Å². The molecule has 0 amide bonds. The molecule has 0 aliphatic rings. The fourth-order valence-electron chi connectivity index (χ4n) is 2.24. The maximum Gasteiger partial charge on any atom is 0.246 e. The molecule has 0 aliphatic carbocycles. The molecule has 0 radical (unpaired) electrons. The molecule has 130 valence electrons. The third-order valence-corrected chi connectivity index (χ3v) is 4.89. The van der Waals surface area contributed by atoms with Crippen molar-refractivity contribution in [2.24, 2.45) is 0 Å². The molecule has 7 heteroatoms. The smallest absolute Gasteiger partial charge is 0.246 e. The van der Waals surface area contributed by atoms with Crippen LogP contribution in [0.5, 0.6) is 5.75 Å². The predicted octanol–water partition coefficient (Wildman–Crippen LogP) is 3.45. The molecular formula is C17H19F2NO3S. The van der Waals surface area contributed by atoms with Crippen molar-refractivity contribution in [3.63, 3.8) is 0 Å². The van der Waals surface area contributed by atoms with Gasteiger partial charge in [-0.25, -0.2) is 21.9 Å². The highest BCUT2D eigenvalue weighted by Gasteiger charge is 2.23. The zero-order chi connectivity index (χ0) is 17.7. The van der Waals surface area contributed by atoms with Crippen molar-refractivity contribution in [2.45, 2.75) is 24.7 Å². The third-order valence-electron chi connectivity index (χ3n) is 3.38. The topological polar surface area (TPSA) is 55.4 Å². The molecule has 0 aliphatic heterocycles. The standard InChI is InChI=1S/C17H19F2NO3S/c1-12(2)13-6-3-4-9-16(13)23-11-10-20-24(21,22)17-14(18)7-5-8-15(17)19/h3-9,12,20H,10-11H2,1-2H3. The number of sulfonamides is 1. The first-order valence-electron chi connectivity index (χ1n) is 7.48. The molecule has 2 aromatic carbocycles. The van der Waals surface area contributed by atoms with E-state index in [0.717, 1.165) is 23.8 Å². The second-order valence-electron chi connectivity index (χ2n) is 5.49. The van der Waals surface area contributed by atoms with Crippen molar-refractivity contribution in [2.75, 3.05) is 13.2 Å². The molecule has 0 unspecified atom stereocenters. The van der Waals surface area contributed by atoms with Crippen LogP contribution in [0, 0.1) is 11.6 Å².